The molecule has 0 aromatic rings. The summed E-state index contributed by atoms with van der Waals surface area (Å²) < 4.78 is 9.89. The van der Waals surface area contributed by atoms with E-state index >= 15 is 0 Å². The Balaban J connectivity index is 2.29. The van der Waals surface area contributed by atoms with Crippen LogP contribution >= 0.6 is 0 Å². The second-order valence-electron chi connectivity index (χ2n) is 4.56. The van der Waals surface area contributed by atoms with Gasteiger partial charge >= 0.3 is 12.1 Å². The van der Waals surface area contributed by atoms with E-state index in [-0.39, 0.29) is 18.6 Å². The van der Waals surface area contributed by atoms with Crippen molar-refractivity contribution in [3.05, 3.63) is 0 Å². The normalized spacial score (nSPS) is 21.8. The summed E-state index contributed by atoms with van der Waals surface area (Å²) in [4.78, 5) is 22.1. The van der Waals surface area contributed by atoms with Crippen molar-refractivity contribution in [2.45, 2.75) is 45.3 Å². The van der Waals surface area contributed by atoms with Gasteiger partial charge in [0.15, 0.2) is 0 Å². The molecule has 5 nitrogen and oxygen atoms in total. The highest BCUT2D eigenvalue weighted by Crippen LogP contribution is 2.10. The summed E-state index contributed by atoms with van der Waals surface area (Å²) in [7, 11) is 0. The number of ether oxygens (including phenoxy) is 2. The number of hydrogen-bond acceptors (Lipinski definition) is 4. The molecule has 0 bridgehead atoms. The fourth-order valence-corrected chi connectivity index (χ4v) is 1.23. The van der Waals surface area contributed by atoms with Crippen LogP contribution in [0.1, 0.15) is 33.6 Å². The van der Waals surface area contributed by atoms with Crippen LogP contribution in [-0.2, 0) is 14.3 Å². The SMILES string of the molecule is CC(C)(C)OC(=O)NC1CCC(=O)OC1. The first kappa shape index (κ1) is 11.8. The van der Waals surface area contributed by atoms with Gasteiger partial charge in [0, 0.05) is 6.42 Å². The van der Waals surface area contributed by atoms with Gasteiger partial charge in [0.05, 0.1) is 6.04 Å². The maximum atomic E-state index is 11.3. The summed E-state index contributed by atoms with van der Waals surface area (Å²) in [6.45, 7) is 5.63. The summed E-state index contributed by atoms with van der Waals surface area (Å²) in [5.41, 5.74) is -0.505. The molecule has 15 heavy (non-hydrogen) atoms. The van der Waals surface area contributed by atoms with Crippen molar-refractivity contribution in [1.29, 1.82) is 0 Å². The third kappa shape index (κ3) is 4.67. The summed E-state index contributed by atoms with van der Waals surface area (Å²) in [5.74, 6) is -0.211. The number of carbonyl (C=O) groups is 2. The van der Waals surface area contributed by atoms with E-state index in [0.29, 0.717) is 12.8 Å². The molecule has 0 aliphatic carbocycles. The first-order chi connectivity index (χ1) is 6.87. The molecule has 1 fully saturated rings. The topological polar surface area (TPSA) is 64.6 Å². The lowest BCUT2D eigenvalue weighted by Crippen LogP contribution is -2.44. The molecule has 1 atom stereocenters. The minimum atomic E-state index is -0.505. The number of carbonyl (C=O) groups excluding carboxylic acids is 2. The summed E-state index contributed by atoms with van der Waals surface area (Å²) in [6.07, 6.45) is 0.490. The van der Waals surface area contributed by atoms with E-state index in [2.05, 4.69) is 5.32 Å². The van der Waals surface area contributed by atoms with E-state index < -0.39 is 11.7 Å². The van der Waals surface area contributed by atoms with Gasteiger partial charge in [-0.3, -0.25) is 4.79 Å². The van der Waals surface area contributed by atoms with Crippen molar-refractivity contribution in [2.75, 3.05) is 6.61 Å². The number of alkyl carbamates (subject to hydrolysis) is 1. The van der Waals surface area contributed by atoms with Crippen LogP contribution in [0.5, 0.6) is 0 Å². The molecular formula is C10H17NO4. The van der Waals surface area contributed by atoms with E-state index in [1.165, 1.54) is 0 Å². The van der Waals surface area contributed by atoms with Gasteiger partial charge in [-0.25, -0.2) is 4.79 Å². The molecule has 0 saturated carbocycles. The van der Waals surface area contributed by atoms with E-state index in [1.54, 1.807) is 20.8 Å². The molecule has 1 unspecified atom stereocenters. The molecule has 1 heterocycles. The molecule has 1 N–H and O–H groups in total. The highest BCUT2D eigenvalue weighted by Gasteiger charge is 2.23. The zero-order valence-electron chi connectivity index (χ0n) is 9.33. The number of nitrogens with one attached hydrogen (secondary N) is 1. The molecule has 0 radical (unpaired) electrons. The fourth-order valence-electron chi connectivity index (χ4n) is 1.23. The van der Waals surface area contributed by atoms with Crippen molar-refractivity contribution in [3.8, 4) is 0 Å². The Kier molecular flexibility index (Phi) is 3.55. The average molecular weight is 215 g/mol. The van der Waals surface area contributed by atoms with Gasteiger partial charge in [-0.05, 0) is 27.2 Å². The van der Waals surface area contributed by atoms with Crippen LogP contribution < -0.4 is 5.32 Å². The van der Waals surface area contributed by atoms with E-state index in [9.17, 15) is 9.59 Å². The largest absolute Gasteiger partial charge is 0.463 e. The van der Waals surface area contributed by atoms with Gasteiger partial charge in [0.1, 0.15) is 12.2 Å². The Morgan fingerprint density at radius 2 is 2.20 bits per heavy atom. The number of cyclic esters (lactones) is 1. The minimum absolute atomic E-state index is 0.127. The molecule has 86 valence electrons. The first-order valence-electron chi connectivity index (χ1n) is 5.02. The fraction of sp³-hybridized carbons (Fsp3) is 0.800. The zero-order valence-corrected chi connectivity index (χ0v) is 9.33. The van der Waals surface area contributed by atoms with Gasteiger partial charge < -0.3 is 14.8 Å². The highest BCUT2D eigenvalue weighted by molar-refractivity contribution is 5.71. The van der Waals surface area contributed by atoms with Gasteiger partial charge in [0.25, 0.3) is 0 Å². The summed E-state index contributed by atoms with van der Waals surface area (Å²) in [6, 6.07) is -0.127. The maximum absolute atomic E-state index is 11.3. The second kappa shape index (κ2) is 4.51. The van der Waals surface area contributed by atoms with Crippen LogP contribution in [0, 0.1) is 0 Å². The van der Waals surface area contributed by atoms with Gasteiger partial charge in [-0.2, -0.15) is 0 Å². The third-order valence-corrected chi connectivity index (χ3v) is 1.86. The van der Waals surface area contributed by atoms with Gasteiger partial charge in [-0.15, -0.1) is 0 Å². The van der Waals surface area contributed by atoms with Crippen LogP contribution in [0.2, 0.25) is 0 Å². The molecule has 0 spiro atoms. The molecule has 5 heteroatoms. The van der Waals surface area contributed by atoms with Crippen molar-refractivity contribution in [2.24, 2.45) is 0 Å². The Morgan fingerprint density at radius 3 is 2.67 bits per heavy atom. The minimum Gasteiger partial charge on any atom is -0.463 e. The predicted molar refractivity (Wildman–Crippen MR) is 53.4 cm³/mol. The Morgan fingerprint density at radius 1 is 1.53 bits per heavy atom. The summed E-state index contributed by atoms with van der Waals surface area (Å²) in [5, 5.41) is 2.66. The molecule has 1 saturated heterocycles. The zero-order chi connectivity index (χ0) is 11.5. The lowest BCUT2D eigenvalue weighted by molar-refractivity contribution is -0.148. The van der Waals surface area contributed by atoms with Crippen molar-refractivity contribution >= 4 is 12.1 Å². The van der Waals surface area contributed by atoms with Gasteiger partial charge in [0.2, 0.25) is 0 Å². The lowest BCUT2D eigenvalue weighted by Gasteiger charge is -2.25. The van der Waals surface area contributed by atoms with Crippen molar-refractivity contribution in [1.82, 2.24) is 5.32 Å². The van der Waals surface area contributed by atoms with Crippen LogP contribution in [0.3, 0.4) is 0 Å². The van der Waals surface area contributed by atoms with Crippen molar-refractivity contribution < 1.29 is 19.1 Å². The van der Waals surface area contributed by atoms with Crippen LogP contribution in [-0.4, -0.2) is 30.3 Å². The standard InChI is InChI=1S/C10H17NO4/c1-10(2,3)15-9(13)11-7-4-5-8(12)14-6-7/h7H,4-6H2,1-3H3,(H,11,13). The molecule has 0 aromatic heterocycles. The predicted octanol–water partition coefficient (Wildman–Crippen LogP) is 1.22. The van der Waals surface area contributed by atoms with Gasteiger partial charge in [-0.1, -0.05) is 0 Å². The molecule has 1 amide bonds. The molecule has 0 aromatic carbocycles. The maximum Gasteiger partial charge on any atom is 0.407 e. The van der Waals surface area contributed by atoms with E-state index in [0.717, 1.165) is 0 Å². The quantitative estimate of drug-likeness (QED) is 0.668. The average Bonchev–Trinajstić information content (AvgIpc) is 2.05. The molecule has 1 aliphatic rings. The Labute approximate surface area is 89.1 Å². The van der Waals surface area contributed by atoms with Crippen LogP contribution in [0.4, 0.5) is 4.79 Å². The smallest absolute Gasteiger partial charge is 0.407 e. The number of esters is 1. The number of amides is 1. The van der Waals surface area contributed by atoms with Crippen LogP contribution in [0.15, 0.2) is 0 Å². The first-order valence-corrected chi connectivity index (χ1v) is 5.02. The molecular weight excluding hydrogens is 198 g/mol. The van der Waals surface area contributed by atoms with Crippen molar-refractivity contribution in [3.63, 3.8) is 0 Å². The number of hydrogen-bond donors (Lipinski definition) is 1. The van der Waals surface area contributed by atoms with E-state index in [1.807, 2.05) is 0 Å². The highest BCUT2D eigenvalue weighted by atomic mass is 16.6. The third-order valence-electron chi connectivity index (χ3n) is 1.86. The summed E-state index contributed by atoms with van der Waals surface area (Å²) >= 11 is 0. The number of rotatable bonds is 1. The second-order valence-corrected chi connectivity index (χ2v) is 4.56. The Hall–Kier alpha value is -1.26. The lowest BCUT2D eigenvalue weighted by atomic mass is 10.1. The van der Waals surface area contributed by atoms with Crippen LogP contribution in [0.25, 0.3) is 0 Å². The molecule has 1 aliphatic heterocycles. The van der Waals surface area contributed by atoms with E-state index in [4.69, 9.17) is 9.47 Å². The molecule has 1 rings (SSSR count). The Bertz CT molecular complexity index is 247. The monoisotopic (exact) mass is 215 g/mol.